The molecule has 0 unspecified atom stereocenters. The van der Waals surface area contributed by atoms with Crippen LogP contribution in [-0.2, 0) is 25.5 Å². The van der Waals surface area contributed by atoms with Gasteiger partial charge in [0.05, 0.1) is 12.6 Å². The summed E-state index contributed by atoms with van der Waals surface area (Å²) in [6.07, 6.45) is 0.466. The van der Waals surface area contributed by atoms with Gasteiger partial charge in [-0.2, -0.15) is 0 Å². The number of fused-ring (bicyclic) bond motifs is 1. The summed E-state index contributed by atoms with van der Waals surface area (Å²) in [7, 11) is 1.08. The molecule has 0 bridgehead atoms. The first kappa shape index (κ1) is 22.8. The molecule has 0 saturated carbocycles. The number of aromatic nitrogens is 1. The van der Waals surface area contributed by atoms with E-state index < -0.39 is 29.2 Å². The van der Waals surface area contributed by atoms with E-state index in [0.717, 1.165) is 18.7 Å². The summed E-state index contributed by atoms with van der Waals surface area (Å²) < 4.78 is 11.5. The Hall–Kier alpha value is -3.87. The zero-order valence-electron chi connectivity index (χ0n) is 18.4. The van der Waals surface area contributed by atoms with E-state index in [2.05, 4.69) is 4.74 Å². The molecular weight excluding hydrogens is 410 g/mol. The number of esters is 1. The van der Waals surface area contributed by atoms with E-state index in [-0.39, 0.29) is 12.0 Å². The number of carbonyl (C=O) groups is 3. The smallest absolute Gasteiger partial charge is 0.419 e. The second kappa shape index (κ2) is 9.09. The van der Waals surface area contributed by atoms with Crippen LogP contribution in [0.1, 0.15) is 37.6 Å². The van der Waals surface area contributed by atoms with Crippen molar-refractivity contribution < 1.29 is 29.0 Å². The summed E-state index contributed by atoms with van der Waals surface area (Å²) >= 11 is 0. The maximum Gasteiger partial charge on any atom is 0.419 e. The molecule has 1 aromatic heterocycles. The second-order valence-electron chi connectivity index (χ2n) is 8.20. The summed E-state index contributed by atoms with van der Waals surface area (Å²) in [5.74, 6) is -2.55. The Labute approximate surface area is 185 Å². The quantitative estimate of drug-likeness (QED) is 0.271. The highest BCUT2D eigenvalue weighted by Crippen LogP contribution is 2.33. The Morgan fingerprint density at radius 1 is 1.00 bits per heavy atom. The molecule has 0 amide bonds. The van der Waals surface area contributed by atoms with Gasteiger partial charge in [-0.05, 0) is 32.4 Å². The fourth-order valence-corrected chi connectivity index (χ4v) is 3.41. The second-order valence-corrected chi connectivity index (χ2v) is 8.20. The van der Waals surface area contributed by atoms with Gasteiger partial charge < -0.3 is 14.6 Å². The predicted molar refractivity (Wildman–Crippen MR) is 120 cm³/mol. The molecule has 0 fully saturated rings. The Bertz CT molecular complexity index is 1200. The van der Waals surface area contributed by atoms with Crippen molar-refractivity contribution in [1.29, 1.82) is 0 Å². The van der Waals surface area contributed by atoms with Gasteiger partial charge in [-0.1, -0.05) is 48.5 Å². The third kappa shape index (κ3) is 4.88. The van der Waals surface area contributed by atoms with Gasteiger partial charge in [0, 0.05) is 29.1 Å². The van der Waals surface area contributed by atoms with E-state index in [1.807, 2.05) is 30.3 Å². The summed E-state index contributed by atoms with van der Waals surface area (Å²) in [5, 5.41) is 11.4. The number of carbonyl (C=O) groups excluding carboxylic acids is 3. The van der Waals surface area contributed by atoms with Crippen LogP contribution in [0.5, 0.6) is 0 Å². The Morgan fingerprint density at radius 2 is 1.62 bits per heavy atom. The third-order valence-electron chi connectivity index (χ3n) is 4.67. The summed E-state index contributed by atoms with van der Waals surface area (Å²) in [6.45, 7) is 5.29. The van der Waals surface area contributed by atoms with Crippen molar-refractivity contribution in [3.8, 4) is 0 Å². The Morgan fingerprint density at radius 3 is 2.25 bits per heavy atom. The zero-order chi connectivity index (χ0) is 23.5. The van der Waals surface area contributed by atoms with Gasteiger partial charge >= 0.3 is 12.1 Å². The first-order chi connectivity index (χ1) is 15.1. The van der Waals surface area contributed by atoms with Crippen LogP contribution in [0.15, 0.2) is 60.7 Å². The molecular formula is C25H25NO6. The van der Waals surface area contributed by atoms with E-state index in [1.165, 1.54) is 4.57 Å². The topological polar surface area (TPSA) is 94.8 Å². The largest absolute Gasteiger partial charge is 0.507 e. The number of ether oxygens (including phenoxy) is 2. The lowest BCUT2D eigenvalue weighted by molar-refractivity contribution is -0.149. The number of rotatable bonds is 5. The number of hydrogen-bond acceptors (Lipinski definition) is 6. The summed E-state index contributed by atoms with van der Waals surface area (Å²) in [6, 6.07) is 16.4. The monoisotopic (exact) mass is 435 g/mol. The van der Waals surface area contributed by atoms with E-state index in [0.29, 0.717) is 16.6 Å². The molecule has 0 aliphatic carbocycles. The maximum absolute atomic E-state index is 13.2. The number of nitrogens with zero attached hydrogens (tertiary/aromatic N) is 1. The van der Waals surface area contributed by atoms with Crippen LogP contribution in [-0.4, -0.2) is 40.2 Å². The molecule has 0 aliphatic rings. The van der Waals surface area contributed by atoms with Gasteiger partial charge in [0.15, 0.2) is 0 Å². The van der Waals surface area contributed by atoms with Gasteiger partial charge in [-0.25, -0.2) is 14.2 Å². The van der Waals surface area contributed by atoms with Crippen LogP contribution < -0.4 is 0 Å². The van der Waals surface area contributed by atoms with Crippen molar-refractivity contribution >= 4 is 34.5 Å². The molecule has 0 atom stereocenters. The van der Waals surface area contributed by atoms with Crippen molar-refractivity contribution in [3.05, 3.63) is 77.5 Å². The lowest BCUT2D eigenvalue weighted by Crippen LogP contribution is -2.28. The average Bonchev–Trinajstić information content (AvgIpc) is 3.06. The first-order valence-corrected chi connectivity index (χ1v) is 10.0. The third-order valence-corrected chi connectivity index (χ3v) is 4.67. The maximum atomic E-state index is 13.2. The molecule has 166 valence electrons. The lowest BCUT2D eigenvalue weighted by atomic mass is 10.0. The lowest BCUT2D eigenvalue weighted by Gasteiger charge is -2.21. The number of ketones is 1. The molecule has 0 spiro atoms. The van der Waals surface area contributed by atoms with Crippen LogP contribution in [0.2, 0.25) is 0 Å². The highest BCUT2D eigenvalue weighted by Gasteiger charge is 2.27. The predicted octanol–water partition coefficient (Wildman–Crippen LogP) is 4.66. The number of benzene rings is 2. The number of aliphatic hydroxyl groups is 1. The van der Waals surface area contributed by atoms with Crippen molar-refractivity contribution in [2.75, 3.05) is 7.11 Å². The molecule has 1 N–H and O–H groups in total. The Kier molecular flexibility index (Phi) is 6.48. The van der Waals surface area contributed by atoms with Crippen LogP contribution in [0.25, 0.3) is 16.7 Å². The van der Waals surface area contributed by atoms with Gasteiger partial charge in [-0.15, -0.1) is 0 Å². The first-order valence-electron chi connectivity index (χ1n) is 10.0. The van der Waals surface area contributed by atoms with Crippen molar-refractivity contribution in [3.63, 3.8) is 0 Å². The van der Waals surface area contributed by atoms with Crippen LogP contribution in [0, 0.1) is 0 Å². The highest BCUT2D eigenvalue weighted by atomic mass is 16.6. The van der Waals surface area contributed by atoms with Gasteiger partial charge in [-0.3, -0.25) is 4.79 Å². The fourth-order valence-electron chi connectivity index (χ4n) is 3.41. The number of aliphatic hydroxyl groups excluding tert-OH is 1. The van der Waals surface area contributed by atoms with Gasteiger partial charge in [0.25, 0.3) is 5.78 Å². The molecule has 3 aromatic rings. The van der Waals surface area contributed by atoms with Gasteiger partial charge in [0.2, 0.25) is 0 Å². The molecule has 0 radical (unpaired) electrons. The van der Waals surface area contributed by atoms with Gasteiger partial charge in [0.1, 0.15) is 11.4 Å². The Balaban J connectivity index is 2.28. The molecule has 0 aliphatic heterocycles. The van der Waals surface area contributed by atoms with E-state index in [1.54, 1.807) is 45.0 Å². The molecule has 7 heteroatoms. The number of methoxy groups -OCH3 is 1. The van der Waals surface area contributed by atoms with Crippen LogP contribution >= 0.6 is 0 Å². The van der Waals surface area contributed by atoms with E-state index >= 15 is 0 Å². The number of hydrogen-bond donors (Lipinski definition) is 1. The molecule has 3 rings (SSSR count). The van der Waals surface area contributed by atoms with Crippen LogP contribution in [0.3, 0.4) is 0 Å². The minimum atomic E-state index is -1.10. The summed E-state index contributed by atoms with van der Waals surface area (Å²) in [4.78, 5) is 36.9. The minimum absolute atomic E-state index is 0.271. The molecule has 0 saturated heterocycles. The molecule has 7 nitrogen and oxygen atoms in total. The molecule has 1 heterocycles. The standard InChI is InChI=1S/C25H25NO6/c1-25(2,3)32-24(30)26-18-13-9-8-12-17(18)22(20(27)15-21(28)23(29)31-4)19(26)14-16-10-6-5-7-11-16/h5-13,15,27H,14H2,1-4H3. The average molecular weight is 435 g/mol. The SMILES string of the molecule is COC(=O)C(=O)C=C(O)c1c(Cc2ccccc2)n(C(=O)OC(C)(C)C)c2ccccc12. The fraction of sp³-hybridized carbons (Fsp3) is 0.240. The minimum Gasteiger partial charge on any atom is -0.507 e. The zero-order valence-corrected chi connectivity index (χ0v) is 18.4. The van der Waals surface area contributed by atoms with Crippen molar-refractivity contribution in [2.24, 2.45) is 0 Å². The summed E-state index contributed by atoms with van der Waals surface area (Å²) in [5.41, 5.74) is 1.35. The van der Waals surface area contributed by atoms with Crippen LogP contribution in [0.4, 0.5) is 4.79 Å². The highest BCUT2D eigenvalue weighted by molar-refractivity contribution is 6.39. The normalized spacial score (nSPS) is 11.9. The van der Waals surface area contributed by atoms with E-state index in [4.69, 9.17) is 4.74 Å². The van der Waals surface area contributed by atoms with Crippen molar-refractivity contribution in [2.45, 2.75) is 32.8 Å². The van der Waals surface area contributed by atoms with E-state index in [9.17, 15) is 19.5 Å². The van der Waals surface area contributed by atoms with Crippen molar-refractivity contribution in [1.82, 2.24) is 4.57 Å². The number of para-hydroxylation sites is 1. The molecule has 2 aromatic carbocycles. The molecule has 32 heavy (non-hydrogen) atoms.